The molecule has 0 saturated heterocycles. The highest BCUT2D eigenvalue weighted by atomic mass is 35.5. The fraction of sp³-hybridized carbons (Fsp3) is 0.333. The first-order valence-corrected chi connectivity index (χ1v) is 4.49. The van der Waals surface area contributed by atoms with Crippen molar-refractivity contribution in [3.8, 4) is 6.07 Å². The van der Waals surface area contributed by atoms with Gasteiger partial charge in [-0.05, 0) is 19.9 Å². The van der Waals surface area contributed by atoms with Gasteiger partial charge < -0.3 is 0 Å². The molecule has 0 saturated carbocycles. The van der Waals surface area contributed by atoms with E-state index >= 15 is 0 Å². The van der Waals surface area contributed by atoms with Crippen molar-refractivity contribution in [1.82, 2.24) is 4.98 Å². The number of nitriles is 1. The number of hydrogen-bond acceptors (Lipinski definition) is 4. The van der Waals surface area contributed by atoms with Gasteiger partial charge in [0.1, 0.15) is 0 Å². The molecule has 15 heavy (non-hydrogen) atoms. The molecule has 0 aliphatic carbocycles. The maximum atomic E-state index is 10.5. The molecule has 1 heterocycles. The van der Waals surface area contributed by atoms with E-state index in [0.717, 1.165) is 0 Å². The maximum Gasteiger partial charge on any atom is 0.306 e. The summed E-state index contributed by atoms with van der Waals surface area (Å²) in [7, 11) is 0. The summed E-state index contributed by atoms with van der Waals surface area (Å²) in [6.07, 6.45) is 0. The Kier molecular flexibility index (Phi) is 2.91. The lowest BCUT2D eigenvalue weighted by Crippen LogP contribution is -2.16. The molecule has 78 valence electrons. The molecule has 1 aromatic rings. The van der Waals surface area contributed by atoms with Gasteiger partial charge in [-0.2, -0.15) is 5.26 Å². The molecule has 6 heteroatoms. The summed E-state index contributed by atoms with van der Waals surface area (Å²) in [6, 6.07) is 4.73. The minimum absolute atomic E-state index is 0.194. The molecular weight excluding hydrogens is 218 g/mol. The van der Waals surface area contributed by atoms with E-state index in [9.17, 15) is 10.1 Å². The van der Waals surface area contributed by atoms with E-state index in [0.29, 0.717) is 5.69 Å². The van der Waals surface area contributed by atoms with Crippen LogP contribution in [0.15, 0.2) is 12.1 Å². The number of pyridine rings is 1. The van der Waals surface area contributed by atoms with Crippen molar-refractivity contribution >= 4 is 17.3 Å². The molecule has 1 aromatic heterocycles. The summed E-state index contributed by atoms with van der Waals surface area (Å²) in [5, 5.41) is 19.1. The number of hydrogen-bond donors (Lipinski definition) is 0. The van der Waals surface area contributed by atoms with Gasteiger partial charge in [-0.25, -0.2) is 4.98 Å². The lowest BCUT2D eigenvalue weighted by molar-refractivity contribution is -0.385. The van der Waals surface area contributed by atoms with Gasteiger partial charge in [0.15, 0.2) is 0 Å². The predicted octanol–water partition coefficient (Wildman–Crippen LogP) is 2.44. The molecule has 0 unspecified atom stereocenters. The van der Waals surface area contributed by atoms with E-state index in [1.165, 1.54) is 12.1 Å². The van der Waals surface area contributed by atoms with Crippen molar-refractivity contribution < 1.29 is 4.92 Å². The highest BCUT2D eigenvalue weighted by Crippen LogP contribution is 2.27. The molecule has 0 bridgehead atoms. The van der Waals surface area contributed by atoms with Crippen LogP contribution in [0.3, 0.4) is 0 Å². The van der Waals surface area contributed by atoms with Gasteiger partial charge in [0, 0.05) is 6.07 Å². The van der Waals surface area contributed by atoms with Crippen LogP contribution < -0.4 is 0 Å². The van der Waals surface area contributed by atoms with Crippen molar-refractivity contribution in [2.45, 2.75) is 19.3 Å². The zero-order valence-electron chi connectivity index (χ0n) is 8.19. The van der Waals surface area contributed by atoms with Crippen LogP contribution in [0.1, 0.15) is 19.5 Å². The summed E-state index contributed by atoms with van der Waals surface area (Å²) in [4.78, 5) is 13.7. The molecular formula is C9H8ClN3O2. The first-order valence-electron chi connectivity index (χ1n) is 4.11. The number of halogens is 1. The Morgan fingerprint density at radius 1 is 1.60 bits per heavy atom. The largest absolute Gasteiger partial charge is 0.306 e. The lowest BCUT2D eigenvalue weighted by Gasteiger charge is -2.13. The number of nitrogens with zero attached hydrogens (tertiary/aromatic N) is 3. The Bertz CT molecular complexity index is 451. The van der Waals surface area contributed by atoms with Crippen LogP contribution in [0.4, 0.5) is 5.69 Å². The van der Waals surface area contributed by atoms with E-state index in [-0.39, 0.29) is 10.8 Å². The highest BCUT2D eigenvalue weighted by molar-refractivity contribution is 6.31. The number of rotatable bonds is 2. The van der Waals surface area contributed by atoms with E-state index in [1.54, 1.807) is 13.8 Å². The zero-order valence-corrected chi connectivity index (χ0v) is 8.95. The molecule has 1 rings (SSSR count). The summed E-state index contributed by atoms with van der Waals surface area (Å²) in [5.41, 5.74) is -0.645. The third kappa shape index (κ3) is 2.22. The second kappa shape index (κ2) is 3.83. The Hall–Kier alpha value is -1.67. The van der Waals surface area contributed by atoms with E-state index < -0.39 is 10.3 Å². The van der Waals surface area contributed by atoms with Gasteiger partial charge in [0.2, 0.25) is 5.15 Å². The molecule has 0 aromatic carbocycles. The second-order valence-corrected chi connectivity index (χ2v) is 3.86. The van der Waals surface area contributed by atoms with E-state index in [4.69, 9.17) is 16.9 Å². The first-order chi connectivity index (χ1) is 6.88. The summed E-state index contributed by atoms with van der Waals surface area (Å²) in [5.74, 6) is 0. The van der Waals surface area contributed by atoms with E-state index in [1.807, 2.05) is 6.07 Å². The lowest BCUT2D eigenvalue weighted by atomic mass is 9.91. The quantitative estimate of drug-likeness (QED) is 0.440. The monoisotopic (exact) mass is 225 g/mol. The van der Waals surface area contributed by atoms with Gasteiger partial charge in [-0.15, -0.1) is 0 Å². The van der Waals surface area contributed by atoms with Crippen LogP contribution >= 0.6 is 11.6 Å². The standard InChI is InChI=1S/C9H8ClN3O2/c1-9(2,5-11)7-4-3-6(13(14)15)8(10)12-7/h3-4H,1-2H3. The zero-order chi connectivity index (χ0) is 11.6. The fourth-order valence-electron chi connectivity index (χ4n) is 0.968. The second-order valence-electron chi connectivity index (χ2n) is 3.50. The summed E-state index contributed by atoms with van der Waals surface area (Å²) >= 11 is 5.63. The molecule has 0 aliphatic heterocycles. The first kappa shape index (κ1) is 11.4. The maximum absolute atomic E-state index is 10.5. The molecule has 0 aliphatic rings. The Morgan fingerprint density at radius 2 is 2.20 bits per heavy atom. The number of aromatic nitrogens is 1. The molecule has 0 spiro atoms. The van der Waals surface area contributed by atoms with Gasteiger partial charge in [0.05, 0.1) is 22.1 Å². The van der Waals surface area contributed by atoms with Crippen molar-refractivity contribution in [2.75, 3.05) is 0 Å². The summed E-state index contributed by atoms with van der Waals surface area (Å²) in [6.45, 7) is 3.33. The van der Waals surface area contributed by atoms with Crippen molar-refractivity contribution in [1.29, 1.82) is 5.26 Å². The van der Waals surface area contributed by atoms with E-state index in [2.05, 4.69) is 4.98 Å². The third-order valence-electron chi connectivity index (χ3n) is 1.95. The normalized spacial score (nSPS) is 10.8. The molecule has 0 N–H and O–H groups in total. The molecule has 0 amide bonds. The Morgan fingerprint density at radius 3 is 2.60 bits per heavy atom. The van der Waals surface area contributed by atoms with Crippen LogP contribution in [0, 0.1) is 21.4 Å². The van der Waals surface area contributed by atoms with Crippen LogP contribution in [-0.4, -0.2) is 9.91 Å². The van der Waals surface area contributed by atoms with Gasteiger partial charge >= 0.3 is 5.69 Å². The third-order valence-corrected chi connectivity index (χ3v) is 2.22. The summed E-state index contributed by atoms with van der Waals surface area (Å²) < 4.78 is 0. The topological polar surface area (TPSA) is 79.8 Å². The molecule has 0 atom stereocenters. The Labute approximate surface area is 91.5 Å². The smallest absolute Gasteiger partial charge is 0.258 e. The van der Waals surface area contributed by atoms with Crippen molar-refractivity contribution in [3.63, 3.8) is 0 Å². The predicted molar refractivity (Wildman–Crippen MR) is 54.5 cm³/mol. The average molecular weight is 226 g/mol. The van der Waals surface area contributed by atoms with Crippen molar-refractivity contribution in [3.05, 3.63) is 33.1 Å². The number of nitro groups is 1. The minimum atomic E-state index is -0.807. The van der Waals surface area contributed by atoms with Gasteiger partial charge in [-0.3, -0.25) is 10.1 Å². The SMILES string of the molecule is CC(C)(C#N)c1ccc([N+](=O)[O-])c(Cl)n1. The van der Waals surface area contributed by atoms with Crippen molar-refractivity contribution in [2.24, 2.45) is 0 Å². The van der Waals surface area contributed by atoms with Crippen LogP contribution in [-0.2, 0) is 5.41 Å². The van der Waals surface area contributed by atoms with Crippen LogP contribution in [0.5, 0.6) is 0 Å². The van der Waals surface area contributed by atoms with Gasteiger partial charge in [-0.1, -0.05) is 11.6 Å². The highest BCUT2D eigenvalue weighted by Gasteiger charge is 2.24. The van der Waals surface area contributed by atoms with Gasteiger partial charge in [0.25, 0.3) is 0 Å². The Balaban J connectivity index is 3.25. The fourth-order valence-corrected chi connectivity index (χ4v) is 1.19. The van der Waals surface area contributed by atoms with Crippen LogP contribution in [0.25, 0.3) is 0 Å². The molecule has 0 radical (unpaired) electrons. The minimum Gasteiger partial charge on any atom is -0.258 e. The van der Waals surface area contributed by atoms with Crippen LogP contribution in [0.2, 0.25) is 5.15 Å². The average Bonchev–Trinajstić information content (AvgIpc) is 2.17. The molecule has 0 fully saturated rings. The molecule has 5 nitrogen and oxygen atoms in total.